The Morgan fingerprint density at radius 3 is 2.23 bits per heavy atom. The largest absolute Gasteiger partial charge is 0.444 e. The molecule has 0 bridgehead atoms. The summed E-state index contributed by atoms with van der Waals surface area (Å²) in [5.74, 6) is 1.33. The molecule has 0 aromatic heterocycles. The summed E-state index contributed by atoms with van der Waals surface area (Å²) >= 11 is 0. The lowest BCUT2D eigenvalue weighted by molar-refractivity contribution is -0.130. The summed E-state index contributed by atoms with van der Waals surface area (Å²) in [6.45, 7) is 6.37. The van der Waals surface area contributed by atoms with Crippen molar-refractivity contribution < 1.29 is 14.3 Å². The molecule has 2 aromatic carbocycles. The number of nitrogens with one attached hydrogen (secondary N) is 1. The van der Waals surface area contributed by atoms with Crippen molar-refractivity contribution in [3.8, 4) is 12.3 Å². The van der Waals surface area contributed by atoms with Crippen molar-refractivity contribution in [2.45, 2.75) is 32.3 Å². The van der Waals surface area contributed by atoms with Gasteiger partial charge in [0.1, 0.15) is 0 Å². The van der Waals surface area contributed by atoms with Crippen molar-refractivity contribution in [3.63, 3.8) is 0 Å². The molecule has 2 rings (SSSR count). The molecule has 0 fully saturated rings. The van der Waals surface area contributed by atoms with Crippen molar-refractivity contribution in [1.29, 1.82) is 0 Å². The van der Waals surface area contributed by atoms with E-state index in [1.807, 2.05) is 18.2 Å². The van der Waals surface area contributed by atoms with Crippen LogP contribution in [0.2, 0.25) is 0 Å². The van der Waals surface area contributed by atoms with E-state index < -0.39 is 18.0 Å². The second-order valence-corrected chi connectivity index (χ2v) is 6.95. The summed E-state index contributed by atoms with van der Waals surface area (Å²) in [4.78, 5) is 24.9. The van der Waals surface area contributed by atoms with Crippen LogP contribution in [-0.4, -0.2) is 18.4 Å². The molecule has 2 aromatic rings. The monoisotopic (exact) mass is 349 g/mol. The molecular weight excluding hydrogens is 326 g/mol. The number of amides is 1. The van der Waals surface area contributed by atoms with E-state index in [2.05, 4.69) is 32.0 Å². The average Bonchev–Trinajstić information content (AvgIpc) is 2.64. The second-order valence-electron chi connectivity index (χ2n) is 6.95. The molecule has 134 valence electrons. The third-order valence-corrected chi connectivity index (χ3v) is 3.92. The first kappa shape index (κ1) is 19.3. The van der Waals surface area contributed by atoms with Gasteiger partial charge < -0.3 is 10.1 Å². The number of hydrogen-bond donors (Lipinski definition) is 1. The van der Waals surface area contributed by atoms with Gasteiger partial charge in [-0.05, 0) is 23.1 Å². The van der Waals surface area contributed by atoms with Gasteiger partial charge in [0, 0.05) is 5.56 Å². The Labute approximate surface area is 154 Å². The fourth-order valence-electron chi connectivity index (χ4n) is 2.41. The van der Waals surface area contributed by atoms with Gasteiger partial charge in [-0.15, -0.1) is 6.42 Å². The number of benzene rings is 2. The van der Waals surface area contributed by atoms with Crippen molar-refractivity contribution in [2.75, 3.05) is 6.54 Å². The van der Waals surface area contributed by atoms with Crippen LogP contribution in [0.3, 0.4) is 0 Å². The van der Waals surface area contributed by atoms with Gasteiger partial charge in [-0.25, -0.2) is 4.79 Å². The molecule has 26 heavy (non-hydrogen) atoms. The smallest absolute Gasteiger partial charge is 0.339 e. The van der Waals surface area contributed by atoms with Gasteiger partial charge in [-0.1, -0.05) is 69.2 Å². The normalized spacial score (nSPS) is 11.9. The van der Waals surface area contributed by atoms with Crippen LogP contribution in [0.5, 0.6) is 0 Å². The van der Waals surface area contributed by atoms with E-state index in [0.717, 1.165) is 5.56 Å². The van der Waals surface area contributed by atoms with Crippen LogP contribution in [0.1, 0.15) is 48.4 Å². The first-order valence-corrected chi connectivity index (χ1v) is 8.40. The number of rotatable bonds is 5. The van der Waals surface area contributed by atoms with Crippen molar-refractivity contribution in [3.05, 3.63) is 71.3 Å². The van der Waals surface area contributed by atoms with Gasteiger partial charge in [0.05, 0.1) is 12.1 Å². The second kappa shape index (κ2) is 8.35. The Kier molecular flexibility index (Phi) is 6.19. The maximum absolute atomic E-state index is 12.5. The number of carbonyl (C=O) groups is 2. The van der Waals surface area contributed by atoms with E-state index in [0.29, 0.717) is 11.1 Å². The van der Waals surface area contributed by atoms with E-state index in [1.165, 1.54) is 0 Å². The fourth-order valence-corrected chi connectivity index (χ4v) is 2.41. The molecule has 0 saturated carbocycles. The molecular formula is C22H23NO3. The minimum Gasteiger partial charge on any atom is -0.444 e. The number of terminal acetylenes is 1. The summed E-state index contributed by atoms with van der Waals surface area (Å²) < 4.78 is 5.49. The quantitative estimate of drug-likeness (QED) is 0.662. The Bertz CT molecular complexity index is 796. The van der Waals surface area contributed by atoms with Crippen LogP contribution in [0.4, 0.5) is 0 Å². The summed E-state index contributed by atoms with van der Waals surface area (Å²) in [5, 5.41) is 2.56. The molecule has 0 aliphatic carbocycles. The molecule has 1 amide bonds. The van der Waals surface area contributed by atoms with Crippen LogP contribution in [-0.2, 0) is 14.9 Å². The SMILES string of the molecule is C#CCNC(=O)[C@@H](OC(=O)c1ccc(C(C)(C)C)cc1)c1ccccc1. The van der Waals surface area contributed by atoms with Crippen LogP contribution >= 0.6 is 0 Å². The zero-order chi connectivity index (χ0) is 19.2. The summed E-state index contributed by atoms with van der Waals surface area (Å²) in [7, 11) is 0. The zero-order valence-corrected chi connectivity index (χ0v) is 15.3. The highest BCUT2D eigenvalue weighted by atomic mass is 16.5. The standard InChI is InChI=1S/C22H23NO3/c1-5-15-23-20(24)19(16-9-7-6-8-10-16)26-21(25)17-11-13-18(14-12-17)22(2,3)4/h1,6-14,19H,15H2,2-4H3,(H,23,24)/t19-/m0/s1. The Morgan fingerprint density at radius 2 is 1.69 bits per heavy atom. The van der Waals surface area contributed by atoms with E-state index in [9.17, 15) is 9.59 Å². The van der Waals surface area contributed by atoms with Crippen molar-refractivity contribution in [2.24, 2.45) is 0 Å². The van der Waals surface area contributed by atoms with Crippen LogP contribution in [0.25, 0.3) is 0 Å². The molecule has 4 nitrogen and oxygen atoms in total. The maximum atomic E-state index is 12.5. The topological polar surface area (TPSA) is 55.4 Å². The maximum Gasteiger partial charge on any atom is 0.339 e. The van der Waals surface area contributed by atoms with Gasteiger partial charge in [-0.2, -0.15) is 0 Å². The molecule has 0 aliphatic heterocycles. The highest BCUT2D eigenvalue weighted by Crippen LogP contribution is 2.24. The average molecular weight is 349 g/mol. The molecule has 0 heterocycles. The van der Waals surface area contributed by atoms with Gasteiger partial charge >= 0.3 is 5.97 Å². The lowest BCUT2D eigenvalue weighted by atomic mass is 9.87. The molecule has 4 heteroatoms. The van der Waals surface area contributed by atoms with Crippen molar-refractivity contribution in [1.82, 2.24) is 5.32 Å². The Balaban J connectivity index is 2.21. The van der Waals surface area contributed by atoms with Crippen molar-refractivity contribution >= 4 is 11.9 Å². The highest BCUT2D eigenvalue weighted by Gasteiger charge is 2.25. The lowest BCUT2D eigenvalue weighted by Crippen LogP contribution is -2.32. The van der Waals surface area contributed by atoms with E-state index >= 15 is 0 Å². The molecule has 0 radical (unpaired) electrons. The minimum absolute atomic E-state index is 0.00980. The third-order valence-electron chi connectivity index (χ3n) is 3.92. The van der Waals surface area contributed by atoms with E-state index in [4.69, 9.17) is 11.2 Å². The van der Waals surface area contributed by atoms with Crippen LogP contribution < -0.4 is 5.32 Å². The van der Waals surface area contributed by atoms with Gasteiger partial charge in [0.2, 0.25) is 6.10 Å². The first-order valence-electron chi connectivity index (χ1n) is 8.40. The summed E-state index contributed by atoms with van der Waals surface area (Å²) in [6, 6.07) is 16.1. The Morgan fingerprint density at radius 1 is 1.08 bits per heavy atom. The van der Waals surface area contributed by atoms with E-state index in [-0.39, 0.29) is 12.0 Å². The predicted octanol–water partition coefficient (Wildman–Crippen LogP) is 3.63. The molecule has 0 spiro atoms. The van der Waals surface area contributed by atoms with Crippen LogP contribution in [0, 0.1) is 12.3 Å². The molecule has 0 unspecified atom stereocenters. The molecule has 1 N–H and O–H groups in total. The third kappa shape index (κ3) is 4.97. The summed E-state index contributed by atoms with van der Waals surface area (Å²) in [5.41, 5.74) is 2.08. The number of ether oxygens (including phenoxy) is 1. The summed E-state index contributed by atoms with van der Waals surface area (Å²) in [6.07, 6.45) is 4.13. The van der Waals surface area contributed by atoms with E-state index in [1.54, 1.807) is 36.4 Å². The van der Waals surface area contributed by atoms with Gasteiger partial charge in [0.15, 0.2) is 0 Å². The predicted molar refractivity (Wildman–Crippen MR) is 102 cm³/mol. The lowest BCUT2D eigenvalue weighted by Gasteiger charge is -2.20. The number of esters is 1. The zero-order valence-electron chi connectivity index (χ0n) is 15.3. The van der Waals surface area contributed by atoms with Gasteiger partial charge in [-0.3, -0.25) is 4.79 Å². The highest BCUT2D eigenvalue weighted by molar-refractivity contribution is 5.92. The number of hydrogen-bond acceptors (Lipinski definition) is 3. The molecule has 1 atom stereocenters. The first-order chi connectivity index (χ1) is 12.3. The fraction of sp³-hybridized carbons (Fsp3) is 0.273. The molecule has 0 aliphatic rings. The number of carbonyl (C=O) groups excluding carboxylic acids is 2. The minimum atomic E-state index is -1.06. The Hall–Kier alpha value is -3.06. The van der Waals surface area contributed by atoms with Gasteiger partial charge in [0.25, 0.3) is 5.91 Å². The molecule has 0 saturated heterocycles. The van der Waals surface area contributed by atoms with Crippen LogP contribution in [0.15, 0.2) is 54.6 Å².